The predicted molar refractivity (Wildman–Crippen MR) is 56.6 cm³/mol. The highest BCUT2D eigenvalue weighted by Gasteiger charge is 2.19. The summed E-state index contributed by atoms with van der Waals surface area (Å²) in [6, 6.07) is 1.78. The summed E-state index contributed by atoms with van der Waals surface area (Å²) in [6.07, 6.45) is 0. The van der Waals surface area contributed by atoms with Crippen molar-refractivity contribution in [2.75, 3.05) is 0 Å². The number of carboxylic acid groups (broad SMARTS) is 1. The summed E-state index contributed by atoms with van der Waals surface area (Å²) in [4.78, 5) is 10.8. The molecule has 17 heavy (non-hydrogen) atoms. The largest absolute Gasteiger partial charge is 0.478 e. The molecule has 0 bridgehead atoms. The maximum Gasteiger partial charge on any atom is 0.337 e. The minimum Gasteiger partial charge on any atom is -0.478 e. The van der Waals surface area contributed by atoms with Crippen LogP contribution in [0.5, 0.6) is 0 Å². The smallest absolute Gasteiger partial charge is 0.337 e. The molecule has 2 nitrogen and oxygen atoms in total. The Morgan fingerprint density at radius 2 is 1.76 bits per heavy atom. The Morgan fingerprint density at radius 3 is 2.41 bits per heavy atom. The van der Waals surface area contributed by atoms with Crippen LogP contribution in [0.25, 0.3) is 11.1 Å². The van der Waals surface area contributed by atoms with Crippen molar-refractivity contribution in [2.45, 2.75) is 0 Å². The molecule has 0 aliphatic rings. The number of aromatic carboxylic acids is 1. The molecule has 1 aromatic carbocycles. The van der Waals surface area contributed by atoms with Crippen molar-refractivity contribution < 1.29 is 23.1 Å². The molecule has 1 aromatic heterocycles. The van der Waals surface area contributed by atoms with Crippen LogP contribution in [-0.2, 0) is 0 Å². The highest BCUT2D eigenvalue weighted by atomic mass is 32.1. The molecule has 0 fully saturated rings. The van der Waals surface area contributed by atoms with Gasteiger partial charge in [0, 0.05) is 16.5 Å². The molecule has 0 atom stereocenters. The molecule has 0 radical (unpaired) electrons. The van der Waals surface area contributed by atoms with Crippen LogP contribution in [0.3, 0.4) is 0 Å². The molecule has 6 heteroatoms. The Labute approximate surface area is 97.9 Å². The number of hydrogen-bond acceptors (Lipinski definition) is 2. The van der Waals surface area contributed by atoms with Gasteiger partial charge in [-0.1, -0.05) is 0 Å². The number of carbonyl (C=O) groups is 1. The van der Waals surface area contributed by atoms with Gasteiger partial charge in [0.15, 0.2) is 17.5 Å². The molecule has 1 N–H and O–H groups in total. The SMILES string of the molecule is O=C(O)c1cscc1-c1ccc(F)c(F)c1F. The van der Waals surface area contributed by atoms with Crippen LogP contribution in [-0.4, -0.2) is 11.1 Å². The van der Waals surface area contributed by atoms with Gasteiger partial charge >= 0.3 is 5.97 Å². The van der Waals surface area contributed by atoms with E-state index in [1.165, 1.54) is 10.8 Å². The third-order valence-corrected chi connectivity index (χ3v) is 2.96. The molecule has 2 rings (SSSR count). The van der Waals surface area contributed by atoms with E-state index in [1.807, 2.05) is 0 Å². The minimum absolute atomic E-state index is 0.0406. The van der Waals surface area contributed by atoms with Crippen molar-refractivity contribution in [1.82, 2.24) is 0 Å². The van der Waals surface area contributed by atoms with E-state index in [0.29, 0.717) is 0 Å². The molecule has 88 valence electrons. The predicted octanol–water partition coefficient (Wildman–Crippen LogP) is 3.53. The Balaban J connectivity index is 2.65. The van der Waals surface area contributed by atoms with Crippen LogP contribution < -0.4 is 0 Å². The summed E-state index contributed by atoms with van der Waals surface area (Å²) in [5.41, 5.74) is -0.360. The number of benzene rings is 1. The molecule has 2 aromatic rings. The first-order valence-electron chi connectivity index (χ1n) is 4.45. The topological polar surface area (TPSA) is 37.3 Å². The summed E-state index contributed by atoms with van der Waals surface area (Å²) in [5.74, 6) is -5.54. The van der Waals surface area contributed by atoms with E-state index in [4.69, 9.17) is 5.11 Å². The van der Waals surface area contributed by atoms with Gasteiger partial charge in [0.1, 0.15) is 0 Å². The Bertz CT molecular complexity index is 592. The van der Waals surface area contributed by atoms with Crippen LogP contribution in [0.4, 0.5) is 13.2 Å². The van der Waals surface area contributed by atoms with E-state index >= 15 is 0 Å². The van der Waals surface area contributed by atoms with E-state index in [0.717, 1.165) is 23.5 Å². The molecule has 0 unspecified atom stereocenters. The first-order valence-corrected chi connectivity index (χ1v) is 5.40. The Morgan fingerprint density at radius 1 is 1.06 bits per heavy atom. The van der Waals surface area contributed by atoms with Crippen molar-refractivity contribution in [2.24, 2.45) is 0 Å². The van der Waals surface area contributed by atoms with E-state index < -0.39 is 23.4 Å². The third-order valence-electron chi connectivity index (χ3n) is 2.22. The van der Waals surface area contributed by atoms with E-state index in [9.17, 15) is 18.0 Å². The van der Waals surface area contributed by atoms with E-state index in [1.54, 1.807) is 0 Å². The van der Waals surface area contributed by atoms with Gasteiger partial charge in [-0.2, -0.15) is 11.3 Å². The molecule has 0 aliphatic heterocycles. The summed E-state index contributed by atoms with van der Waals surface area (Å²) >= 11 is 1.04. The maximum atomic E-state index is 13.5. The lowest BCUT2D eigenvalue weighted by molar-refractivity contribution is 0.0698. The van der Waals surface area contributed by atoms with Crippen LogP contribution in [0, 0.1) is 17.5 Å². The number of rotatable bonds is 2. The Kier molecular flexibility index (Phi) is 2.89. The van der Waals surface area contributed by atoms with Gasteiger partial charge in [0.25, 0.3) is 0 Å². The average Bonchev–Trinajstić information content (AvgIpc) is 2.75. The standard InChI is InChI=1S/C11H5F3O2S/c12-8-2-1-5(9(13)10(8)14)6-3-17-4-7(6)11(15)16/h1-4H,(H,15,16). The minimum atomic E-state index is -1.61. The van der Waals surface area contributed by atoms with Crippen LogP contribution >= 0.6 is 11.3 Å². The molecule has 0 saturated heterocycles. The van der Waals surface area contributed by atoms with Gasteiger partial charge in [0.2, 0.25) is 0 Å². The lowest BCUT2D eigenvalue weighted by Gasteiger charge is -2.04. The van der Waals surface area contributed by atoms with Crippen molar-refractivity contribution in [3.63, 3.8) is 0 Å². The molecule has 0 saturated carbocycles. The van der Waals surface area contributed by atoms with Gasteiger partial charge in [-0.05, 0) is 17.5 Å². The van der Waals surface area contributed by atoms with Crippen molar-refractivity contribution in [3.8, 4) is 11.1 Å². The molecule has 0 amide bonds. The van der Waals surface area contributed by atoms with Crippen LogP contribution in [0.2, 0.25) is 0 Å². The Hall–Kier alpha value is -1.82. The summed E-state index contributed by atoms with van der Waals surface area (Å²) in [6.45, 7) is 0. The summed E-state index contributed by atoms with van der Waals surface area (Å²) < 4.78 is 39.2. The second kappa shape index (κ2) is 4.21. The zero-order valence-corrected chi connectivity index (χ0v) is 9.02. The highest BCUT2D eigenvalue weighted by molar-refractivity contribution is 7.08. The third kappa shape index (κ3) is 1.91. The van der Waals surface area contributed by atoms with E-state index in [2.05, 4.69) is 0 Å². The fourth-order valence-electron chi connectivity index (χ4n) is 1.41. The molecule has 1 heterocycles. The fraction of sp³-hybridized carbons (Fsp3) is 0. The maximum absolute atomic E-state index is 13.5. The lowest BCUT2D eigenvalue weighted by atomic mass is 10.0. The summed E-state index contributed by atoms with van der Waals surface area (Å²) in [5, 5.41) is 11.5. The molecule has 0 aliphatic carbocycles. The second-order valence-electron chi connectivity index (χ2n) is 3.23. The zero-order valence-electron chi connectivity index (χ0n) is 8.21. The van der Waals surface area contributed by atoms with Gasteiger partial charge in [-0.25, -0.2) is 18.0 Å². The number of carboxylic acids is 1. The molecule has 0 spiro atoms. The number of hydrogen-bond donors (Lipinski definition) is 1. The van der Waals surface area contributed by atoms with Gasteiger partial charge in [-0.15, -0.1) is 0 Å². The van der Waals surface area contributed by atoms with Crippen molar-refractivity contribution in [1.29, 1.82) is 0 Å². The molecular weight excluding hydrogens is 253 g/mol. The highest BCUT2D eigenvalue weighted by Crippen LogP contribution is 2.31. The normalized spacial score (nSPS) is 10.5. The van der Waals surface area contributed by atoms with Crippen LogP contribution in [0.15, 0.2) is 22.9 Å². The molecular formula is C11H5F3O2S. The second-order valence-corrected chi connectivity index (χ2v) is 3.97. The summed E-state index contributed by atoms with van der Waals surface area (Å²) in [7, 11) is 0. The zero-order chi connectivity index (χ0) is 12.6. The average molecular weight is 258 g/mol. The quantitative estimate of drug-likeness (QED) is 0.837. The van der Waals surface area contributed by atoms with Gasteiger partial charge in [0.05, 0.1) is 5.56 Å². The number of halogens is 3. The first kappa shape index (κ1) is 11.7. The first-order chi connectivity index (χ1) is 8.02. The monoisotopic (exact) mass is 258 g/mol. The van der Waals surface area contributed by atoms with E-state index in [-0.39, 0.29) is 16.7 Å². The number of thiophene rings is 1. The fourth-order valence-corrected chi connectivity index (χ4v) is 2.23. The van der Waals surface area contributed by atoms with Crippen LogP contribution in [0.1, 0.15) is 10.4 Å². The van der Waals surface area contributed by atoms with Crippen molar-refractivity contribution >= 4 is 17.3 Å². The van der Waals surface area contributed by atoms with Gasteiger partial charge < -0.3 is 5.11 Å². The lowest BCUT2D eigenvalue weighted by Crippen LogP contribution is -1.99. The van der Waals surface area contributed by atoms with Crippen molar-refractivity contribution in [3.05, 3.63) is 45.9 Å². The van der Waals surface area contributed by atoms with Gasteiger partial charge in [-0.3, -0.25) is 0 Å².